The van der Waals surface area contributed by atoms with E-state index < -0.39 is 5.60 Å². The van der Waals surface area contributed by atoms with E-state index in [0.717, 1.165) is 54.3 Å². The van der Waals surface area contributed by atoms with Gasteiger partial charge in [0, 0.05) is 23.6 Å². The lowest BCUT2D eigenvalue weighted by molar-refractivity contribution is -0.143. The van der Waals surface area contributed by atoms with Crippen LogP contribution >= 0.6 is 0 Å². The minimum absolute atomic E-state index is 0.0442. The van der Waals surface area contributed by atoms with Crippen molar-refractivity contribution in [1.29, 1.82) is 0 Å². The largest absolute Gasteiger partial charge is 0.490 e. The molecule has 27 heavy (non-hydrogen) atoms. The first-order chi connectivity index (χ1) is 13.0. The molecule has 1 amide bonds. The minimum atomic E-state index is -0.731. The average Bonchev–Trinajstić information content (AvgIpc) is 2.69. The van der Waals surface area contributed by atoms with Crippen molar-refractivity contribution < 1.29 is 14.3 Å². The summed E-state index contributed by atoms with van der Waals surface area (Å²) in [7, 11) is 1.65. The van der Waals surface area contributed by atoms with Crippen LogP contribution in [-0.4, -0.2) is 24.7 Å². The first-order valence-corrected chi connectivity index (χ1v) is 10.0. The van der Waals surface area contributed by atoms with Gasteiger partial charge in [-0.25, -0.2) is 0 Å². The molecular weight excluding hydrogens is 338 g/mol. The first-order valence-electron chi connectivity index (χ1n) is 10.0. The van der Waals surface area contributed by atoms with Crippen LogP contribution in [0.25, 0.3) is 10.8 Å². The number of carbonyl (C=O) groups is 1. The van der Waals surface area contributed by atoms with Crippen LogP contribution < -0.4 is 10.1 Å². The Morgan fingerprint density at radius 3 is 2.67 bits per heavy atom. The van der Waals surface area contributed by atoms with Crippen molar-refractivity contribution in [3.8, 4) is 5.75 Å². The summed E-state index contributed by atoms with van der Waals surface area (Å²) in [4.78, 5) is 13.2. The maximum absolute atomic E-state index is 13.2. The molecule has 0 unspecified atom stereocenters. The highest BCUT2D eigenvalue weighted by molar-refractivity contribution is 6.06. The predicted molar refractivity (Wildman–Crippen MR) is 110 cm³/mol. The van der Waals surface area contributed by atoms with E-state index in [0.29, 0.717) is 5.92 Å². The second kappa shape index (κ2) is 8.30. The van der Waals surface area contributed by atoms with Gasteiger partial charge in [-0.1, -0.05) is 44.5 Å². The number of methoxy groups -OCH3 is 1. The van der Waals surface area contributed by atoms with Crippen LogP contribution in [0.4, 0.5) is 5.69 Å². The molecule has 0 spiro atoms. The molecule has 0 radical (unpaired) electrons. The van der Waals surface area contributed by atoms with Gasteiger partial charge in [0.15, 0.2) is 0 Å². The molecule has 4 heteroatoms. The van der Waals surface area contributed by atoms with E-state index in [2.05, 4.69) is 26.1 Å². The van der Waals surface area contributed by atoms with Gasteiger partial charge in [-0.3, -0.25) is 4.79 Å². The van der Waals surface area contributed by atoms with Gasteiger partial charge in [-0.05, 0) is 50.7 Å². The fourth-order valence-electron chi connectivity index (χ4n) is 4.01. The van der Waals surface area contributed by atoms with Crippen molar-refractivity contribution in [2.75, 3.05) is 12.4 Å². The second-order valence-corrected chi connectivity index (χ2v) is 7.85. The molecule has 3 atom stereocenters. The number of fused-ring (bicyclic) bond motifs is 1. The van der Waals surface area contributed by atoms with Crippen molar-refractivity contribution in [3.63, 3.8) is 0 Å². The molecule has 4 nitrogen and oxygen atoms in total. The van der Waals surface area contributed by atoms with Gasteiger partial charge in [-0.15, -0.1) is 0 Å². The van der Waals surface area contributed by atoms with E-state index >= 15 is 0 Å². The summed E-state index contributed by atoms with van der Waals surface area (Å²) < 4.78 is 11.8. The van der Waals surface area contributed by atoms with Gasteiger partial charge in [-0.2, -0.15) is 0 Å². The monoisotopic (exact) mass is 369 g/mol. The average molecular weight is 370 g/mol. The summed E-state index contributed by atoms with van der Waals surface area (Å²) in [6.45, 7) is 6.37. The Morgan fingerprint density at radius 2 is 2.00 bits per heavy atom. The van der Waals surface area contributed by atoms with Crippen LogP contribution in [0.1, 0.15) is 52.9 Å². The molecule has 2 aromatic rings. The Balaban J connectivity index is 1.91. The summed E-state index contributed by atoms with van der Waals surface area (Å²) >= 11 is 0. The van der Waals surface area contributed by atoms with Gasteiger partial charge < -0.3 is 14.8 Å². The Hall–Kier alpha value is -2.07. The van der Waals surface area contributed by atoms with Crippen molar-refractivity contribution in [2.45, 2.75) is 64.6 Å². The van der Waals surface area contributed by atoms with Crippen molar-refractivity contribution in [3.05, 3.63) is 36.4 Å². The molecule has 146 valence electrons. The van der Waals surface area contributed by atoms with E-state index in [1.165, 1.54) is 0 Å². The zero-order valence-corrected chi connectivity index (χ0v) is 16.9. The third-order valence-corrected chi connectivity index (χ3v) is 5.80. The standard InChI is InChI=1S/C23H31NO3/c1-5-17(3)27-21-13-12-20(18-10-6-7-11-19(18)21)24-22(25)23(26-4)14-8-9-16(2)15-23/h6-7,10-13,16-17H,5,8-9,14-15H2,1-4H3,(H,24,25)/t16-,17+,23-/m1/s1. The molecule has 1 aliphatic rings. The number of nitrogens with one attached hydrogen (secondary N) is 1. The molecule has 1 saturated carbocycles. The van der Waals surface area contributed by atoms with Crippen molar-refractivity contribution >= 4 is 22.4 Å². The molecule has 0 heterocycles. The summed E-state index contributed by atoms with van der Waals surface area (Å²) in [6, 6.07) is 11.9. The fourth-order valence-corrected chi connectivity index (χ4v) is 4.01. The number of hydrogen-bond donors (Lipinski definition) is 1. The Kier molecular flexibility index (Phi) is 6.05. The maximum atomic E-state index is 13.2. The van der Waals surface area contributed by atoms with Crippen LogP contribution in [0.2, 0.25) is 0 Å². The number of anilines is 1. The van der Waals surface area contributed by atoms with Gasteiger partial charge in [0.2, 0.25) is 0 Å². The van der Waals surface area contributed by atoms with Crippen molar-refractivity contribution in [1.82, 2.24) is 0 Å². The summed E-state index contributed by atoms with van der Waals surface area (Å²) in [6.07, 6.45) is 4.80. The lowest BCUT2D eigenvalue weighted by Gasteiger charge is -2.37. The van der Waals surface area contributed by atoms with Gasteiger partial charge in [0.05, 0.1) is 6.10 Å². The smallest absolute Gasteiger partial charge is 0.256 e. The number of ether oxygens (including phenoxy) is 2. The number of carbonyl (C=O) groups excluding carboxylic acids is 1. The number of amides is 1. The van der Waals surface area contributed by atoms with E-state index in [9.17, 15) is 4.79 Å². The Labute approximate surface area is 162 Å². The second-order valence-electron chi connectivity index (χ2n) is 7.85. The fraction of sp³-hybridized carbons (Fsp3) is 0.522. The van der Waals surface area contributed by atoms with E-state index in [4.69, 9.17) is 9.47 Å². The highest BCUT2D eigenvalue weighted by Crippen LogP contribution is 2.37. The molecule has 1 N–H and O–H groups in total. The molecule has 2 aromatic carbocycles. The SMILES string of the molecule is CC[C@H](C)Oc1ccc(NC(=O)[C@@]2(OC)CCC[C@@H](C)C2)c2ccccc12. The van der Waals surface area contributed by atoms with Crippen LogP contribution in [0.3, 0.4) is 0 Å². The first kappa shape index (κ1) is 19.7. The lowest BCUT2D eigenvalue weighted by atomic mass is 9.78. The van der Waals surface area contributed by atoms with E-state index in [1.54, 1.807) is 7.11 Å². The molecule has 0 bridgehead atoms. The third kappa shape index (κ3) is 4.11. The minimum Gasteiger partial charge on any atom is -0.490 e. The van der Waals surface area contributed by atoms with Crippen LogP contribution in [-0.2, 0) is 9.53 Å². The van der Waals surface area contributed by atoms with E-state index in [1.807, 2.05) is 36.4 Å². The van der Waals surface area contributed by atoms with Crippen LogP contribution in [0.5, 0.6) is 5.75 Å². The van der Waals surface area contributed by atoms with Gasteiger partial charge in [0.25, 0.3) is 5.91 Å². The molecule has 1 aliphatic carbocycles. The van der Waals surface area contributed by atoms with E-state index in [-0.39, 0.29) is 12.0 Å². The number of hydrogen-bond acceptors (Lipinski definition) is 3. The highest BCUT2D eigenvalue weighted by atomic mass is 16.5. The molecule has 0 saturated heterocycles. The highest BCUT2D eigenvalue weighted by Gasteiger charge is 2.42. The van der Waals surface area contributed by atoms with Gasteiger partial charge in [0.1, 0.15) is 11.4 Å². The Bertz CT molecular complexity index is 803. The summed E-state index contributed by atoms with van der Waals surface area (Å²) in [5.41, 5.74) is 0.0757. The molecule has 3 rings (SSSR count). The zero-order valence-electron chi connectivity index (χ0n) is 16.9. The predicted octanol–water partition coefficient (Wildman–Crippen LogP) is 5.55. The maximum Gasteiger partial charge on any atom is 0.256 e. The number of rotatable bonds is 6. The lowest BCUT2D eigenvalue weighted by Crippen LogP contribution is -2.47. The third-order valence-electron chi connectivity index (χ3n) is 5.80. The summed E-state index contributed by atoms with van der Waals surface area (Å²) in [5.74, 6) is 1.30. The normalized spacial score (nSPS) is 23.8. The van der Waals surface area contributed by atoms with Crippen LogP contribution in [0.15, 0.2) is 36.4 Å². The quantitative estimate of drug-likeness (QED) is 0.726. The number of benzene rings is 2. The molecule has 0 aromatic heterocycles. The molecule has 1 fully saturated rings. The van der Waals surface area contributed by atoms with Gasteiger partial charge >= 0.3 is 0 Å². The Morgan fingerprint density at radius 1 is 1.26 bits per heavy atom. The zero-order chi connectivity index (χ0) is 19.4. The van der Waals surface area contributed by atoms with Crippen LogP contribution in [0, 0.1) is 5.92 Å². The molecular formula is C23H31NO3. The topological polar surface area (TPSA) is 47.6 Å². The molecule has 0 aliphatic heterocycles. The summed E-state index contributed by atoms with van der Waals surface area (Å²) in [5, 5.41) is 5.14. The van der Waals surface area contributed by atoms with Crippen molar-refractivity contribution in [2.24, 2.45) is 5.92 Å².